The fraction of sp³-hybridized carbons (Fsp3) is 0.214. The molecule has 2 N–H and O–H groups in total. The number of benzene rings is 1. The Labute approximate surface area is 127 Å². The molecule has 2 rings (SSSR count). The second-order valence-corrected chi connectivity index (χ2v) is 6.80. The second-order valence-electron chi connectivity index (χ2n) is 4.05. The molecule has 0 unspecified atom stereocenters. The van der Waals surface area contributed by atoms with Crippen molar-refractivity contribution in [2.24, 2.45) is 0 Å². The van der Waals surface area contributed by atoms with Crippen molar-refractivity contribution in [3.8, 4) is 11.8 Å². The van der Waals surface area contributed by atoms with Crippen LogP contribution in [0.25, 0.3) is 0 Å². The minimum Gasteiger partial charge on any atom is -0.395 e. The average Bonchev–Trinajstić information content (AvgIpc) is 2.99. The van der Waals surface area contributed by atoms with E-state index in [-0.39, 0.29) is 18.0 Å². The summed E-state index contributed by atoms with van der Waals surface area (Å²) in [6.07, 6.45) is 1.99. The molecule has 0 amide bonds. The molecule has 5 nitrogen and oxygen atoms in total. The van der Waals surface area contributed by atoms with Crippen LogP contribution in [0.3, 0.4) is 0 Å². The van der Waals surface area contributed by atoms with Crippen LogP contribution in [-0.4, -0.2) is 25.1 Å². The number of aliphatic hydroxyl groups excluding tert-OH is 1. The fourth-order valence-electron chi connectivity index (χ4n) is 1.54. The van der Waals surface area contributed by atoms with Gasteiger partial charge >= 0.3 is 0 Å². The van der Waals surface area contributed by atoms with Gasteiger partial charge in [-0.2, -0.15) is 0 Å². The summed E-state index contributed by atoms with van der Waals surface area (Å²) in [5.74, 6) is 5.58. The summed E-state index contributed by atoms with van der Waals surface area (Å²) in [6, 6.07) is 6.39. The molecule has 0 bridgehead atoms. The Hall–Kier alpha value is -1.72. The number of nitrogens with one attached hydrogen (secondary N) is 1. The highest BCUT2D eigenvalue weighted by molar-refractivity contribution is 7.89. The van der Waals surface area contributed by atoms with Gasteiger partial charge in [-0.15, -0.1) is 11.3 Å². The predicted octanol–water partition coefficient (Wildman–Crippen LogP) is 1.36. The number of sulfonamides is 1. The lowest BCUT2D eigenvalue weighted by Gasteiger charge is -2.05. The number of aromatic nitrogens is 1. The van der Waals surface area contributed by atoms with Crippen LogP contribution < -0.4 is 4.72 Å². The maximum absolute atomic E-state index is 12.2. The van der Waals surface area contributed by atoms with Gasteiger partial charge < -0.3 is 5.11 Å². The molecule has 7 heteroatoms. The standard InChI is InChI=1S/C14H14N2O3S2/c17-8-2-1-4-12-5-3-6-13(10-12)21(18,19)16-11-14-15-7-9-20-14/h3,5-7,9-10,16-17H,2,8,11H2. The highest BCUT2D eigenvalue weighted by Crippen LogP contribution is 2.12. The zero-order valence-corrected chi connectivity index (χ0v) is 12.7. The van der Waals surface area contributed by atoms with Gasteiger partial charge in [0.05, 0.1) is 18.0 Å². The molecule has 1 aromatic heterocycles. The highest BCUT2D eigenvalue weighted by Gasteiger charge is 2.14. The van der Waals surface area contributed by atoms with Crippen molar-refractivity contribution in [1.29, 1.82) is 0 Å². The second kappa shape index (κ2) is 7.33. The molecule has 110 valence electrons. The molecule has 0 fully saturated rings. The van der Waals surface area contributed by atoms with E-state index in [0.717, 1.165) is 0 Å². The summed E-state index contributed by atoms with van der Waals surface area (Å²) in [6.45, 7) is 0.154. The SMILES string of the molecule is O=S(=O)(NCc1nccs1)c1cccc(C#CCCO)c1. The van der Waals surface area contributed by atoms with Crippen molar-refractivity contribution in [2.45, 2.75) is 17.9 Å². The number of rotatable bonds is 5. The van der Waals surface area contributed by atoms with Crippen molar-refractivity contribution in [3.05, 3.63) is 46.4 Å². The molecule has 0 saturated heterocycles. The maximum Gasteiger partial charge on any atom is 0.240 e. The van der Waals surface area contributed by atoms with E-state index in [9.17, 15) is 8.42 Å². The summed E-state index contributed by atoms with van der Waals surface area (Å²) >= 11 is 1.39. The monoisotopic (exact) mass is 322 g/mol. The maximum atomic E-state index is 12.2. The van der Waals surface area contributed by atoms with Gasteiger partial charge in [0.15, 0.2) is 0 Å². The van der Waals surface area contributed by atoms with Crippen molar-refractivity contribution in [3.63, 3.8) is 0 Å². The van der Waals surface area contributed by atoms with E-state index < -0.39 is 10.0 Å². The van der Waals surface area contributed by atoms with E-state index in [1.54, 1.807) is 23.7 Å². The topological polar surface area (TPSA) is 79.3 Å². The van der Waals surface area contributed by atoms with Crippen LogP contribution in [-0.2, 0) is 16.6 Å². The Kier molecular flexibility index (Phi) is 5.47. The molecule has 0 spiro atoms. The predicted molar refractivity (Wildman–Crippen MR) is 81.2 cm³/mol. The minimum absolute atomic E-state index is 0.0135. The normalized spacial score (nSPS) is 10.9. The lowest BCUT2D eigenvalue weighted by molar-refractivity contribution is 0.305. The third-order valence-electron chi connectivity index (χ3n) is 2.51. The first-order valence-electron chi connectivity index (χ1n) is 6.19. The van der Waals surface area contributed by atoms with Gasteiger partial charge in [0, 0.05) is 23.6 Å². The molecular weight excluding hydrogens is 308 g/mol. The lowest BCUT2D eigenvalue weighted by atomic mass is 10.2. The Morgan fingerprint density at radius 2 is 2.24 bits per heavy atom. The van der Waals surface area contributed by atoms with Gasteiger partial charge in [0.2, 0.25) is 10.0 Å². The molecule has 0 saturated carbocycles. The highest BCUT2D eigenvalue weighted by atomic mass is 32.2. The summed E-state index contributed by atoms with van der Waals surface area (Å²) in [7, 11) is -3.59. The number of hydrogen-bond donors (Lipinski definition) is 2. The first kappa shape index (κ1) is 15.7. The largest absolute Gasteiger partial charge is 0.395 e. The first-order valence-corrected chi connectivity index (χ1v) is 8.56. The van der Waals surface area contributed by atoms with Crippen LogP contribution in [0, 0.1) is 11.8 Å². The van der Waals surface area contributed by atoms with E-state index in [1.807, 2.05) is 0 Å². The minimum atomic E-state index is -3.59. The molecule has 1 heterocycles. The summed E-state index contributed by atoms with van der Waals surface area (Å²) < 4.78 is 26.9. The third kappa shape index (κ3) is 4.65. The van der Waals surface area contributed by atoms with Crippen LogP contribution in [0.2, 0.25) is 0 Å². The average molecular weight is 322 g/mol. The quantitative estimate of drug-likeness (QED) is 0.815. The van der Waals surface area contributed by atoms with Crippen molar-refractivity contribution in [2.75, 3.05) is 6.61 Å². The van der Waals surface area contributed by atoms with Gasteiger partial charge in [-0.3, -0.25) is 0 Å². The number of thiazole rings is 1. The Balaban J connectivity index is 2.12. The number of aliphatic hydroxyl groups is 1. The molecule has 0 aliphatic carbocycles. The smallest absolute Gasteiger partial charge is 0.240 e. The molecule has 0 atom stereocenters. The van der Waals surface area contributed by atoms with Crippen LogP contribution in [0.15, 0.2) is 40.7 Å². The van der Waals surface area contributed by atoms with E-state index in [4.69, 9.17) is 5.11 Å². The molecule has 0 aliphatic rings. The van der Waals surface area contributed by atoms with Crippen molar-refractivity contribution >= 4 is 21.4 Å². The summed E-state index contributed by atoms with van der Waals surface area (Å²) in [5.41, 5.74) is 0.598. The van der Waals surface area contributed by atoms with Gasteiger partial charge in [-0.1, -0.05) is 17.9 Å². The number of nitrogens with zero attached hydrogens (tertiary/aromatic N) is 1. The van der Waals surface area contributed by atoms with Crippen LogP contribution in [0.1, 0.15) is 17.0 Å². The fourth-order valence-corrected chi connectivity index (χ4v) is 3.22. The first-order chi connectivity index (χ1) is 10.1. The Morgan fingerprint density at radius 1 is 1.38 bits per heavy atom. The van der Waals surface area contributed by atoms with Crippen molar-refractivity contribution in [1.82, 2.24) is 9.71 Å². The van der Waals surface area contributed by atoms with Crippen molar-refractivity contribution < 1.29 is 13.5 Å². The van der Waals surface area contributed by atoms with Crippen LogP contribution >= 0.6 is 11.3 Å². The molecule has 2 aromatic rings. The zero-order chi connectivity index (χ0) is 15.1. The van der Waals surface area contributed by atoms with Gasteiger partial charge in [0.1, 0.15) is 5.01 Å². The van der Waals surface area contributed by atoms with E-state index in [1.165, 1.54) is 23.5 Å². The van der Waals surface area contributed by atoms with Gasteiger partial charge in [-0.05, 0) is 18.2 Å². The lowest BCUT2D eigenvalue weighted by Crippen LogP contribution is -2.23. The molecule has 1 aromatic carbocycles. The summed E-state index contributed by atoms with van der Waals surface area (Å²) in [5, 5.41) is 11.2. The van der Waals surface area contributed by atoms with E-state index in [0.29, 0.717) is 17.0 Å². The molecule has 0 aliphatic heterocycles. The third-order valence-corrected chi connectivity index (χ3v) is 4.69. The molecular formula is C14H14N2O3S2. The van der Waals surface area contributed by atoms with E-state index in [2.05, 4.69) is 21.5 Å². The zero-order valence-electron chi connectivity index (χ0n) is 11.1. The van der Waals surface area contributed by atoms with Crippen LogP contribution in [0.4, 0.5) is 0 Å². The Morgan fingerprint density at radius 3 is 2.95 bits per heavy atom. The molecule has 21 heavy (non-hydrogen) atoms. The van der Waals surface area contributed by atoms with Gasteiger partial charge in [-0.25, -0.2) is 18.1 Å². The number of hydrogen-bond acceptors (Lipinski definition) is 5. The van der Waals surface area contributed by atoms with Gasteiger partial charge in [0.25, 0.3) is 0 Å². The Bertz CT molecular complexity index is 744. The molecule has 0 radical (unpaired) electrons. The van der Waals surface area contributed by atoms with E-state index >= 15 is 0 Å². The van der Waals surface area contributed by atoms with Crippen LogP contribution in [0.5, 0.6) is 0 Å². The summed E-state index contributed by atoms with van der Waals surface area (Å²) in [4.78, 5) is 4.19.